The Labute approximate surface area is 270 Å². The van der Waals surface area contributed by atoms with Gasteiger partial charge in [0.25, 0.3) is 0 Å². The van der Waals surface area contributed by atoms with Crippen LogP contribution in [0.4, 0.5) is 17.6 Å². The van der Waals surface area contributed by atoms with Crippen LogP contribution < -0.4 is 18.9 Å². The van der Waals surface area contributed by atoms with Gasteiger partial charge in [0.1, 0.15) is 0 Å². The van der Waals surface area contributed by atoms with Gasteiger partial charge in [0.15, 0.2) is 23.0 Å². The summed E-state index contributed by atoms with van der Waals surface area (Å²) >= 11 is 0. The number of carbonyl (C=O) groups excluding carboxylic acids is 2. The molecule has 0 spiro atoms. The van der Waals surface area contributed by atoms with Crippen LogP contribution in [0.25, 0.3) is 0 Å². The normalized spacial score (nSPS) is 21.0. The van der Waals surface area contributed by atoms with Gasteiger partial charge >= 0.3 is 11.9 Å². The Morgan fingerprint density at radius 1 is 0.587 bits per heavy atom. The molecule has 6 nitrogen and oxygen atoms in total. The molecule has 10 heteroatoms. The zero-order valence-corrected chi connectivity index (χ0v) is 27.5. The van der Waals surface area contributed by atoms with E-state index in [0.717, 1.165) is 57.8 Å². The summed E-state index contributed by atoms with van der Waals surface area (Å²) in [4.78, 5) is 24.3. The van der Waals surface area contributed by atoms with Crippen molar-refractivity contribution in [2.45, 2.75) is 105 Å². The Balaban J connectivity index is 0.000000251. The average molecular weight is 653 g/mol. The standard InChI is InChI=1S/C19H26F2O3.C17H22F2O3/c1-3-5-6-13-7-9-14(10-8-13)19(22)24-16-12-11-15(23-4-2)17(20)18(16)21;1-3-11-5-7-12(8-6-11)17(20)22-14-10-9-13(21-4-2)15(18)16(14)19/h11-14H,3-10H2,1-2H3;9-12H,3-8H2,1-2H3. The number of unbranched alkanes of at least 4 members (excludes halogenated alkanes) is 1. The van der Waals surface area contributed by atoms with Gasteiger partial charge in [-0.2, -0.15) is 17.6 Å². The zero-order valence-electron chi connectivity index (χ0n) is 27.5. The second-order valence-electron chi connectivity index (χ2n) is 12.1. The number of halogens is 4. The second kappa shape index (κ2) is 18.7. The van der Waals surface area contributed by atoms with Crippen LogP contribution in [-0.2, 0) is 9.59 Å². The lowest BCUT2D eigenvalue weighted by Gasteiger charge is -2.27. The maximum Gasteiger partial charge on any atom is 0.314 e. The minimum atomic E-state index is -1.18. The van der Waals surface area contributed by atoms with Gasteiger partial charge in [-0.3, -0.25) is 9.59 Å². The van der Waals surface area contributed by atoms with E-state index in [9.17, 15) is 27.2 Å². The zero-order chi connectivity index (χ0) is 33.6. The number of benzene rings is 2. The van der Waals surface area contributed by atoms with Crippen molar-refractivity contribution in [2.24, 2.45) is 23.7 Å². The number of ether oxygens (including phenoxy) is 4. The average Bonchev–Trinajstić information content (AvgIpc) is 3.07. The lowest BCUT2D eigenvalue weighted by atomic mass is 9.80. The molecule has 4 rings (SSSR count). The van der Waals surface area contributed by atoms with Crippen molar-refractivity contribution in [3.05, 3.63) is 47.5 Å². The number of esters is 2. The molecular formula is C36H48F4O6. The first kappa shape index (κ1) is 37.2. The predicted molar refractivity (Wildman–Crippen MR) is 167 cm³/mol. The van der Waals surface area contributed by atoms with Crippen LogP contribution in [0.5, 0.6) is 23.0 Å². The van der Waals surface area contributed by atoms with E-state index in [0.29, 0.717) is 11.8 Å². The summed E-state index contributed by atoms with van der Waals surface area (Å²) in [5.74, 6) is -5.75. The van der Waals surface area contributed by atoms with Crippen molar-refractivity contribution in [3.8, 4) is 23.0 Å². The van der Waals surface area contributed by atoms with Gasteiger partial charge in [-0.1, -0.05) is 39.5 Å². The molecule has 2 fully saturated rings. The van der Waals surface area contributed by atoms with Crippen LogP contribution in [0.15, 0.2) is 24.3 Å². The minimum absolute atomic E-state index is 0.175. The van der Waals surface area contributed by atoms with Crippen molar-refractivity contribution >= 4 is 11.9 Å². The molecule has 2 aliphatic rings. The fourth-order valence-electron chi connectivity index (χ4n) is 6.09. The van der Waals surface area contributed by atoms with E-state index in [2.05, 4.69) is 13.8 Å². The molecule has 0 heterocycles. The quantitative estimate of drug-likeness (QED) is 0.129. The van der Waals surface area contributed by atoms with E-state index in [-0.39, 0.29) is 48.0 Å². The van der Waals surface area contributed by atoms with Crippen molar-refractivity contribution < 1.29 is 46.1 Å². The SMILES string of the molecule is CCCCC1CCC(C(=O)Oc2ccc(OCC)c(F)c2F)CC1.CCOc1ccc(OC(=O)C2CCC(CC)CC2)c(F)c1F. The van der Waals surface area contributed by atoms with Crippen molar-refractivity contribution in [1.29, 1.82) is 0 Å². The van der Waals surface area contributed by atoms with Gasteiger partial charge in [-0.25, -0.2) is 0 Å². The molecule has 0 N–H and O–H groups in total. The Morgan fingerprint density at radius 3 is 1.33 bits per heavy atom. The smallest absolute Gasteiger partial charge is 0.314 e. The van der Waals surface area contributed by atoms with Crippen LogP contribution in [0, 0.1) is 46.9 Å². The first-order valence-corrected chi connectivity index (χ1v) is 16.8. The Kier molecular flexibility index (Phi) is 15.1. The lowest BCUT2D eigenvalue weighted by Crippen LogP contribution is -2.26. The summed E-state index contributed by atoms with van der Waals surface area (Å²) in [5, 5.41) is 0. The molecule has 0 radical (unpaired) electrons. The van der Waals surface area contributed by atoms with Crippen LogP contribution in [0.1, 0.15) is 105 Å². The van der Waals surface area contributed by atoms with Gasteiger partial charge in [-0.05, 0) is 101 Å². The first-order valence-electron chi connectivity index (χ1n) is 16.8. The molecule has 2 aromatic rings. The molecule has 0 aliphatic heterocycles. The van der Waals surface area contributed by atoms with Gasteiger partial charge in [0, 0.05) is 0 Å². The van der Waals surface area contributed by atoms with E-state index in [1.165, 1.54) is 43.5 Å². The minimum Gasteiger partial charge on any atom is -0.491 e. The van der Waals surface area contributed by atoms with Crippen molar-refractivity contribution in [2.75, 3.05) is 13.2 Å². The molecule has 2 aliphatic carbocycles. The Hall–Kier alpha value is -3.30. The maximum atomic E-state index is 14.0. The number of hydrogen-bond acceptors (Lipinski definition) is 6. The third kappa shape index (κ3) is 10.4. The highest BCUT2D eigenvalue weighted by Gasteiger charge is 2.30. The summed E-state index contributed by atoms with van der Waals surface area (Å²) in [6.45, 7) is 8.14. The highest BCUT2D eigenvalue weighted by Crippen LogP contribution is 2.35. The molecule has 256 valence electrons. The lowest BCUT2D eigenvalue weighted by molar-refractivity contribution is -0.141. The molecule has 0 amide bonds. The maximum absolute atomic E-state index is 14.0. The Bertz CT molecular complexity index is 1270. The molecule has 0 atom stereocenters. The van der Waals surface area contributed by atoms with E-state index >= 15 is 0 Å². The van der Waals surface area contributed by atoms with Gasteiger partial charge in [-0.15, -0.1) is 0 Å². The van der Waals surface area contributed by atoms with E-state index < -0.39 is 35.2 Å². The summed E-state index contributed by atoms with van der Waals surface area (Å²) in [6, 6.07) is 5.04. The fourth-order valence-corrected chi connectivity index (χ4v) is 6.09. The summed E-state index contributed by atoms with van der Waals surface area (Å²) in [7, 11) is 0. The fraction of sp³-hybridized carbons (Fsp3) is 0.611. The monoisotopic (exact) mass is 652 g/mol. The van der Waals surface area contributed by atoms with E-state index in [4.69, 9.17) is 18.9 Å². The van der Waals surface area contributed by atoms with E-state index in [1.807, 2.05) is 0 Å². The number of rotatable bonds is 12. The Morgan fingerprint density at radius 2 is 0.957 bits per heavy atom. The molecule has 2 saturated carbocycles. The summed E-state index contributed by atoms with van der Waals surface area (Å²) in [5.41, 5.74) is 0. The number of hydrogen-bond donors (Lipinski definition) is 0. The summed E-state index contributed by atoms with van der Waals surface area (Å²) in [6.07, 6.45) is 11.7. The van der Waals surface area contributed by atoms with Crippen molar-refractivity contribution in [1.82, 2.24) is 0 Å². The number of carbonyl (C=O) groups is 2. The highest BCUT2D eigenvalue weighted by atomic mass is 19.2. The third-order valence-electron chi connectivity index (χ3n) is 8.95. The predicted octanol–water partition coefficient (Wildman–Crippen LogP) is 9.75. The topological polar surface area (TPSA) is 71.1 Å². The largest absolute Gasteiger partial charge is 0.491 e. The third-order valence-corrected chi connectivity index (χ3v) is 8.95. The van der Waals surface area contributed by atoms with Crippen molar-refractivity contribution in [3.63, 3.8) is 0 Å². The van der Waals surface area contributed by atoms with Crippen LogP contribution >= 0.6 is 0 Å². The molecule has 0 bridgehead atoms. The molecule has 0 saturated heterocycles. The molecular weight excluding hydrogens is 604 g/mol. The van der Waals surface area contributed by atoms with Gasteiger partial charge in [0.05, 0.1) is 25.0 Å². The first-order chi connectivity index (χ1) is 22.1. The van der Waals surface area contributed by atoms with Gasteiger partial charge in [0.2, 0.25) is 23.3 Å². The van der Waals surface area contributed by atoms with Gasteiger partial charge < -0.3 is 18.9 Å². The molecule has 46 heavy (non-hydrogen) atoms. The van der Waals surface area contributed by atoms with Crippen LogP contribution in [0.2, 0.25) is 0 Å². The molecule has 2 aromatic carbocycles. The van der Waals surface area contributed by atoms with Crippen LogP contribution in [0.3, 0.4) is 0 Å². The highest BCUT2D eigenvalue weighted by molar-refractivity contribution is 5.76. The van der Waals surface area contributed by atoms with Crippen LogP contribution in [-0.4, -0.2) is 25.2 Å². The molecule has 0 unspecified atom stereocenters. The second-order valence-corrected chi connectivity index (χ2v) is 12.1. The summed E-state index contributed by atoms with van der Waals surface area (Å²) < 4.78 is 75.6. The molecule has 0 aromatic heterocycles. The van der Waals surface area contributed by atoms with E-state index in [1.54, 1.807) is 13.8 Å².